The number of nitrogens with zero attached hydrogens (tertiary/aromatic N) is 3. The van der Waals surface area contributed by atoms with Crippen molar-refractivity contribution in [2.24, 2.45) is 7.05 Å². The minimum absolute atomic E-state index is 0.0854. The van der Waals surface area contributed by atoms with E-state index in [0.29, 0.717) is 17.8 Å². The standard InChI is InChI=1S/C12H16FN5O2S/c1-8-5-9(13)11(6-10(8)14)21(19,20)16-4-3-12-17-15-7-18(12)2/h5-7,16H,3-4,14H2,1-2H3. The van der Waals surface area contributed by atoms with Crippen LogP contribution >= 0.6 is 0 Å². The van der Waals surface area contributed by atoms with Crippen molar-refractivity contribution in [3.8, 4) is 0 Å². The predicted molar refractivity (Wildman–Crippen MR) is 75.4 cm³/mol. The normalized spacial score (nSPS) is 11.8. The summed E-state index contributed by atoms with van der Waals surface area (Å²) in [5.41, 5.74) is 6.35. The molecule has 0 amide bonds. The Balaban J connectivity index is 2.12. The quantitative estimate of drug-likeness (QED) is 0.776. The summed E-state index contributed by atoms with van der Waals surface area (Å²) in [4.78, 5) is -0.455. The summed E-state index contributed by atoms with van der Waals surface area (Å²) in [6.45, 7) is 1.69. The number of aryl methyl sites for hydroxylation is 2. The Hall–Kier alpha value is -2.00. The third kappa shape index (κ3) is 3.37. The molecule has 9 heteroatoms. The second-order valence-corrected chi connectivity index (χ2v) is 6.38. The Kier molecular flexibility index (Phi) is 4.24. The van der Waals surface area contributed by atoms with Crippen molar-refractivity contribution in [2.75, 3.05) is 12.3 Å². The minimum Gasteiger partial charge on any atom is -0.398 e. The molecule has 3 N–H and O–H groups in total. The molecule has 21 heavy (non-hydrogen) atoms. The molecule has 7 nitrogen and oxygen atoms in total. The highest BCUT2D eigenvalue weighted by Crippen LogP contribution is 2.21. The second-order valence-electron chi connectivity index (χ2n) is 4.65. The molecule has 0 unspecified atom stereocenters. The Bertz CT molecular complexity index is 757. The molecule has 0 bridgehead atoms. The molecular weight excluding hydrogens is 297 g/mol. The fourth-order valence-electron chi connectivity index (χ4n) is 1.78. The number of nitrogens with two attached hydrogens (primary N) is 1. The molecule has 0 atom stereocenters. The summed E-state index contributed by atoms with van der Waals surface area (Å²) in [6, 6.07) is 2.22. The molecule has 1 aromatic carbocycles. The summed E-state index contributed by atoms with van der Waals surface area (Å²) in [5.74, 6) is -0.200. The van der Waals surface area contributed by atoms with Gasteiger partial charge in [-0.1, -0.05) is 0 Å². The van der Waals surface area contributed by atoms with Crippen molar-refractivity contribution in [1.29, 1.82) is 0 Å². The summed E-state index contributed by atoms with van der Waals surface area (Å²) in [6.07, 6.45) is 1.86. The van der Waals surface area contributed by atoms with Gasteiger partial charge in [0.1, 0.15) is 22.9 Å². The van der Waals surface area contributed by atoms with Crippen molar-refractivity contribution >= 4 is 15.7 Å². The van der Waals surface area contributed by atoms with Crippen LogP contribution < -0.4 is 10.5 Å². The van der Waals surface area contributed by atoms with E-state index in [2.05, 4.69) is 14.9 Å². The van der Waals surface area contributed by atoms with Gasteiger partial charge >= 0.3 is 0 Å². The van der Waals surface area contributed by atoms with Gasteiger partial charge in [0.2, 0.25) is 10.0 Å². The van der Waals surface area contributed by atoms with Crippen LogP contribution in [0.1, 0.15) is 11.4 Å². The Morgan fingerprint density at radius 1 is 1.43 bits per heavy atom. The maximum Gasteiger partial charge on any atom is 0.243 e. The first-order chi connectivity index (χ1) is 9.81. The molecule has 0 aliphatic rings. The first kappa shape index (κ1) is 15.4. The van der Waals surface area contributed by atoms with E-state index in [1.54, 1.807) is 18.5 Å². The number of aromatic nitrogens is 3. The van der Waals surface area contributed by atoms with Crippen LogP contribution in [-0.4, -0.2) is 29.7 Å². The van der Waals surface area contributed by atoms with Gasteiger partial charge in [-0.05, 0) is 24.6 Å². The van der Waals surface area contributed by atoms with E-state index >= 15 is 0 Å². The maximum atomic E-state index is 13.8. The van der Waals surface area contributed by atoms with Crippen molar-refractivity contribution in [2.45, 2.75) is 18.2 Å². The molecule has 0 radical (unpaired) electrons. The third-order valence-electron chi connectivity index (χ3n) is 3.06. The fraction of sp³-hybridized carbons (Fsp3) is 0.333. The van der Waals surface area contributed by atoms with Crippen molar-refractivity contribution < 1.29 is 12.8 Å². The molecular formula is C12H16FN5O2S. The predicted octanol–water partition coefficient (Wildman–Crippen LogP) is 0.366. The van der Waals surface area contributed by atoms with Crippen LogP contribution in [0.4, 0.5) is 10.1 Å². The summed E-state index contributed by atoms with van der Waals surface area (Å²) in [5, 5.41) is 7.53. The van der Waals surface area contributed by atoms with E-state index in [1.165, 1.54) is 6.33 Å². The van der Waals surface area contributed by atoms with Crippen molar-refractivity contribution in [3.63, 3.8) is 0 Å². The number of hydrogen-bond acceptors (Lipinski definition) is 5. The molecule has 0 aliphatic carbocycles. The minimum atomic E-state index is -3.96. The van der Waals surface area contributed by atoms with E-state index in [1.807, 2.05) is 0 Å². The number of halogens is 1. The van der Waals surface area contributed by atoms with E-state index in [0.717, 1.165) is 12.1 Å². The fourth-order valence-corrected chi connectivity index (χ4v) is 2.91. The van der Waals surface area contributed by atoms with E-state index in [9.17, 15) is 12.8 Å². The van der Waals surface area contributed by atoms with Gasteiger partial charge in [0.15, 0.2) is 0 Å². The smallest absolute Gasteiger partial charge is 0.243 e. The number of anilines is 1. The number of rotatable bonds is 5. The van der Waals surface area contributed by atoms with E-state index < -0.39 is 20.7 Å². The van der Waals surface area contributed by atoms with Gasteiger partial charge in [0.25, 0.3) is 0 Å². The lowest BCUT2D eigenvalue weighted by molar-refractivity contribution is 0.556. The monoisotopic (exact) mass is 313 g/mol. The van der Waals surface area contributed by atoms with Crippen LogP contribution in [0.5, 0.6) is 0 Å². The molecule has 0 spiro atoms. The van der Waals surface area contributed by atoms with E-state index in [4.69, 9.17) is 5.73 Å². The molecule has 114 valence electrons. The zero-order valence-electron chi connectivity index (χ0n) is 11.7. The molecule has 1 aromatic heterocycles. The zero-order valence-corrected chi connectivity index (χ0v) is 12.5. The summed E-state index contributed by atoms with van der Waals surface area (Å²) >= 11 is 0. The lowest BCUT2D eigenvalue weighted by atomic mass is 10.2. The number of hydrogen-bond donors (Lipinski definition) is 2. The second kappa shape index (κ2) is 5.78. The van der Waals surface area contributed by atoms with Crippen LogP contribution in [0.25, 0.3) is 0 Å². The van der Waals surface area contributed by atoms with Crippen LogP contribution in [0, 0.1) is 12.7 Å². The van der Waals surface area contributed by atoms with E-state index in [-0.39, 0.29) is 12.2 Å². The molecule has 0 saturated heterocycles. The first-order valence-corrected chi connectivity index (χ1v) is 7.68. The highest BCUT2D eigenvalue weighted by Gasteiger charge is 2.20. The van der Waals surface area contributed by atoms with Crippen LogP contribution in [-0.2, 0) is 23.5 Å². The molecule has 0 aliphatic heterocycles. The number of sulfonamides is 1. The van der Waals surface area contributed by atoms with Gasteiger partial charge in [-0.3, -0.25) is 0 Å². The molecule has 1 heterocycles. The van der Waals surface area contributed by atoms with Crippen molar-refractivity contribution in [1.82, 2.24) is 19.5 Å². The largest absolute Gasteiger partial charge is 0.398 e. The maximum absolute atomic E-state index is 13.8. The summed E-state index contributed by atoms with van der Waals surface area (Å²) < 4.78 is 42.0. The highest BCUT2D eigenvalue weighted by molar-refractivity contribution is 7.89. The van der Waals surface area contributed by atoms with Gasteiger partial charge in [0.05, 0.1) is 0 Å². The number of nitrogens with one attached hydrogen (secondary N) is 1. The van der Waals surface area contributed by atoms with Crippen LogP contribution in [0.15, 0.2) is 23.4 Å². The lowest BCUT2D eigenvalue weighted by Crippen LogP contribution is -2.27. The van der Waals surface area contributed by atoms with Gasteiger partial charge in [-0.2, -0.15) is 0 Å². The molecule has 2 aromatic rings. The molecule has 0 fully saturated rings. The average molecular weight is 313 g/mol. The zero-order chi connectivity index (χ0) is 15.6. The van der Waals surface area contributed by atoms with Crippen LogP contribution in [0.3, 0.4) is 0 Å². The Morgan fingerprint density at radius 3 is 2.76 bits per heavy atom. The van der Waals surface area contributed by atoms with Gasteiger partial charge < -0.3 is 10.3 Å². The van der Waals surface area contributed by atoms with Gasteiger partial charge in [0, 0.05) is 25.7 Å². The molecule has 2 rings (SSSR count). The van der Waals surface area contributed by atoms with Crippen molar-refractivity contribution in [3.05, 3.63) is 35.7 Å². The lowest BCUT2D eigenvalue weighted by Gasteiger charge is -2.09. The number of nitrogen functional groups attached to an aromatic ring is 1. The SMILES string of the molecule is Cc1cc(F)c(S(=O)(=O)NCCc2nncn2C)cc1N. The van der Waals surface area contributed by atoms with Crippen LogP contribution in [0.2, 0.25) is 0 Å². The number of benzene rings is 1. The molecule has 0 saturated carbocycles. The topological polar surface area (TPSA) is 103 Å². The third-order valence-corrected chi connectivity index (χ3v) is 4.53. The Morgan fingerprint density at radius 2 is 2.14 bits per heavy atom. The first-order valence-electron chi connectivity index (χ1n) is 6.19. The average Bonchev–Trinajstić information content (AvgIpc) is 2.79. The van der Waals surface area contributed by atoms with Gasteiger partial charge in [-0.15, -0.1) is 10.2 Å². The van der Waals surface area contributed by atoms with Gasteiger partial charge in [-0.25, -0.2) is 17.5 Å². The Labute approximate surface area is 122 Å². The summed E-state index contributed by atoms with van der Waals surface area (Å²) in [7, 11) is -2.20. The highest BCUT2D eigenvalue weighted by atomic mass is 32.2.